The maximum absolute atomic E-state index is 12.2. The van der Waals surface area contributed by atoms with Crippen LogP contribution in [0.15, 0.2) is 54.6 Å². The lowest BCUT2D eigenvalue weighted by molar-refractivity contribution is -0.918. The van der Waals surface area contributed by atoms with Gasteiger partial charge in [-0.05, 0) is 36.5 Å². The minimum Gasteiger partial charge on any atom is -0.435 e. The van der Waals surface area contributed by atoms with Gasteiger partial charge in [0.25, 0.3) is 0 Å². The van der Waals surface area contributed by atoms with E-state index in [4.69, 9.17) is 12.2 Å². The van der Waals surface area contributed by atoms with Gasteiger partial charge < -0.3 is 20.3 Å². The van der Waals surface area contributed by atoms with Crippen LogP contribution in [0.25, 0.3) is 0 Å². The van der Waals surface area contributed by atoms with Gasteiger partial charge >= 0.3 is 6.61 Å². The molecule has 0 unspecified atom stereocenters. The standard InChI is InChI=1S/C20H23F2N3OS/c21-19(22)26-18-8-6-16(7-9-18)23-20(27)24-17-10-12-25(13-11-17)14-15-4-2-1-3-5-15/h1-9,17,19H,10-14H2,(H2,23,24,27)/p+1. The monoisotopic (exact) mass is 392 g/mol. The van der Waals surface area contributed by atoms with Crippen molar-refractivity contribution in [2.24, 2.45) is 0 Å². The van der Waals surface area contributed by atoms with E-state index in [0.717, 1.165) is 38.2 Å². The van der Waals surface area contributed by atoms with E-state index >= 15 is 0 Å². The van der Waals surface area contributed by atoms with Crippen LogP contribution in [-0.4, -0.2) is 30.9 Å². The summed E-state index contributed by atoms with van der Waals surface area (Å²) < 4.78 is 28.7. The van der Waals surface area contributed by atoms with Crippen molar-refractivity contribution in [3.05, 3.63) is 60.2 Å². The molecule has 0 aliphatic carbocycles. The van der Waals surface area contributed by atoms with Crippen LogP contribution in [0.3, 0.4) is 0 Å². The zero-order chi connectivity index (χ0) is 19.1. The molecule has 1 saturated heterocycles. The Morgan fingerprint density at radius 1 is 1.07 bits per heavy atom. The Labute approximate surface area is 163 Å². The molecule has 0 radical (unpaired) electrons. The maximum atomic E-state index is 12.2. The van der Waals surface area contributed by atoms with Crippen LogP contribution in [0.5, 0.6) is 5.75 Å². The number of piperidine rings is 1. The van der Waals surface area contributed by atoms with Gasteiger partial charge in [0, 0.05) is 30.1 Å². The van der Waals surface area contributed by atoms with Gasteiger partial charge in [0.15, 0.2) is 5.11 Å². The van der Waals surface area contributed by atoms with Crippen molar-refractivity contribution in [3.8, 4) is 5.75 Å². The molecule has 144 valence electrons. The van der Waals surface area contributed by atoms with E-state index in [9.17, 15) is 8.78 Å². The molecule has 0 aromatic heterocycles. The van der Waals surface area contributed by atoms with E-state index < -0.39 is 6.61 Å². The highest BCUT2D eigenvalue weighted by molar-refractivity contribution is 7.80. The third kappa shape index (κ3) is 6.45. The number of hydrogen-bond donors (Lipinski definition) is 3. The first-order chi connectivity index (χ1) is 13.1. The molecule has 3 rings (SSSR count). The molecule has 27 heavy (non-hydrogen) atoms. The smallest absolute Gasteiger partial charge is 0.387 e. The minimum atomic E-state index is -2.82. The third-order valence-electron chi connectivity index (χ3n) is 4.66. The fraction of sp³-hybridized carbons (Fsp3) is 0.350. The lowest BCUT2D eigenvalue weighted by Crippen LogP contribution is -3.12. The van der Waals surface area contributed by atoms with Crippen molar-refractivity contribution in [3.63, 3.8) is 0 Å². The highest BCUT2D eigenvalue weighted by Gasteiger charge is 2.22. The summed E-state index contributed by atoms with van der Waals surface area (Å²) in [7, 11) is 0. The Morgan fingerprint density at radius 3 is 2.37 bits per heavy atom. The fourth-order valence-electron chi connectivity index (χ4n) is 3.30. The second-order valence-corrected chi connectivity index (χ2v) is 7.10. The van der Waals surface area contributed by atoms with Gasteiger partial charge in [-0.15, -0.1) is 0 Å². The first-order valence-electron chi connectivity index (χ1n) is 9.08. The van der Waals surface area contributed by atoms with Crippen molar-refractivity contribution < 1.29 is 18.4 Å². The zero-order valence-corrected chi connectivity index (χ0v) is 15.8. The van der Waals surface area contributed by atoms with Gasteiger partial charge in [-0.2, -0.15) is 8.78 Å². The Hall–Kier alpha value is -2.25. The Balaban J connectivity index is 1.40. The molecule has 1 aliphatic rings. The van der Waals surface area contributed by atoms with E-state index in [1.165, 1.54) is 17.7 Å². The summed E-state index contributed by atoms with van der Waals surface area (Å²) in [6, 6.07) is 17.2. The summed E-state index contributed by atoms with van der Waals surface area (Å²) in [5.74, 6) is 0.128. The second kappa shape index (κ2) is 9.62. The number of alkyl halides is 2. The molecule has 1 heterocycles. The van der Waals surface area contributed by atoms with Gasteiger partial charge in [-0.1, -0.05) is 30.3 Å². The van der Waals surface area contributed by atoms with Gasteiger partial charge in [-0.25, -0.2) is 0 Å². The van der Waals surface area contributed by atoms with Gasteiger partial charge in [-0.3, -0.25) is 0 Å². The maximum Gasteiger partial charge on any atom is 0.387 e. The van der Waals surface area contributed by atoms with Crippen LogP contribution in [0.1, 0.15) is 18.4 Å². The van der Waals surface area contributed by atoms with Crippen molar-refractivity contribution in [1.29, 1.82) is 0 Å². The summed E-state index contributed by atoms with van der Waals surface area (Å²) >= 11 is 5.37. The van der Waals surface area contributed by atoms with Crippen molar-refractivity contribution in [2.75, 3.05) is 18.4 Å². The van der Waals surface area contributed by atoms with E-state index in [2.05, 4.69) is 39.6 Å². The van der Waals surface area contributed by atoms with Crippen molar-refractivity contribution in [1.82, 2.24) is 5.32 Å². The second-order valence-electron chi connectivity index (χ2n) is 6.69. The molecule has 0 atom stereocenters. The number of hydrogen-bond acceptors (Lipinski definition) is 2. The predicted molar refractivity (Wildman–Crippen MR) is 106 cm³/mol. The highest BCUT2D eigenvalue weighted by Crippen LogP contribution is 2.17. The number of benzene rings is 2. The molecule has 0 amide bonds. The Kier molecular flexibility index (Phi) is 6.95. The van der Waals surface area contributed by atoms with E-state index in [1.807, 2.05) is 6.07 Å². The first kappa shape index (κ1) is 19.5. The molecule has 0 saturated carbocycles. The number of ether oxygens (including phenoxy) is 1. The third-order valence-corrected chi connectivity index (χ3v) is 4.88. The number of quaternary nitrogens is 1. The number of rotatable bonds is 6. The molecular weight excluding hydrogens is 368 g/mol. The average Bonchev–Trinajstić information content (AvgIpc) is 2.65. The summed E-state index contributed by atoms with van der Waals surface area (Å²) in [6.07, 6.45) is 2.12. The molecule has 1 fully saturated rings. The van der Waals surface area contributed by atoms with Crippen molar-refractivity contribution in [2.45, 2.75) is 32.0 Å². The molecule has 4 nitrogen and oxygen atoms in total. The minimum absolute atomic E-state index is 0.128. The first-order valence-corrected chi connectivity index (χ1v) is 9.49. The number of nitrogens with one attached hydrogen (secondary N) is 3. The van der Waals surface area contributed by atoms with Crippen LogP contribution < -0.4 is 20.3 Å². The van der Waals surface area contributed by atoms with E-state index in [-0.39, 0.29) is 5.75 Å². The molecule has 7 heteroatoms. The SMILES string of the molecule is FC(F)Oc1ccc(NC(=S)NC2CC[NH+](Cc3ccccc3)CC2)cc1. The topological polar surface area (TPSA) is 37.7 Å². The quantitative estimate of drug-likeness (QED) is 0.661. The van der Waals surface area contributed by atoms with Gasteiger partial charge in [0.2, 0.25) is 0 Å². The molecule has 1 aliphatic heterocycles. The number of thiocarbonyl (C=S) groups is 1. The van der Waals surface area contributed by atoms with Crippen LogP contribution in [0, 0.1) is 0 Å². The van der Waals surface area contributed by atoms with Crippen LogP contribution in [0.2, 0.25) is 0 Å². The fourth-order valence-corrected chi connectivity index (χ4v) is 3.59. The molecular formula is C20H24F2N3OS+. The molecule has 0 bridgehead atoms. The average molecular weight is 392 g/mol. The zero-order valence-electron chi connectivity index (χ0n) is 15.0. The van der Waals surface area contributed by atoms with Gasteiger partial charge in [0.05, 0.1) is 13.1 Å². The van der Waals surface area contributed by atoms with Crippen LogP contribution in [0.4, 0.5) is 14.5 Å². The Morgan fingerprint density at radius 2 is 1.74 bits per heavy atom. The number of halogens is 2. The summed E-state index contributed by atoms with van der Waals surface area (Å²) in [5, 5.41) is 7.00. The molecule has 3 N–H and O–H groups in total. The molecule has 2 aromatic carbocycles. The lowest BCUT2D eigenvalue weighted by atomic mass is 10.0. The summed E-state index contributed by atoms with van der Waals surface area (Å²) in [4.78, 5) is 1.59. The normalized spacial score (nSPS) is 19.5. The summed E-state index contributed by atoms with van der Waals surface area (Å²) in [5.41, 5.74) is 2.11. The predicted octanol–water partition coefficient (Wildman–Crippen LogP) is 2.82. The van der Waals surface area contributed by atoms with Gasteiger partial charge in [0.1, 0.15) is 12.3 Å². The molecule has 0 spiro atoms. The van der Waals surface area contributed by atoms with Crippen LogP contribution >= 0.6 is 12.2 Å². The highest BCUT2D eigenvalue weighted by atomic mass is 32.1. The molecule has 2 aromatic rings. The van der Waals surface area contributed by atoms with Crippen molar-refractivity contribution >= 4 is 23.0 Å². The summed E-state index contributed by atoms with van der Waals surface area (Å²) in [6.45, 7) is 0.453. The number of anilines is 1. The lowest BCUT2D eigenvalue weighted by Gasteiger charge is -2.30. The largest absolute Gasteiger partial charge is 0.435 e. The number of likely N-dealkylation sites (tertiary alicyclic amines) is 1. The van der Waals surface area contributed by atoms with E-state index in [1.54, 1.807) is 17.0 Å². The van der Waals surface area contributed by atoms with E-state index in [0.29, 0.717) is 11.2 Å². The Bertz CT molecular complexity index is 720. The van der Waals surface area contributed by atoms with Crippen LogP contribution in [-0.2, 0) is 6.54 Å².